The predicted molar refractivity (Wildman–Crippen MR) is 105 cm³/mol. The van der Waals surface area contributed by atoms with Gasteiger partial charge in [0.15, 0.2) is 5.16 Å². The second-order valence-electron chi connectivity index (χ2n) is 5.83. The molecule has 0 unspecified atom stereocenters. The van der Waals surface area contributed by atoms with E-state index in [1.54, 1.807) is 4.57 Å². The second-order valence-corrected chi connectivity index (χ2v) is 6.77. The third-order valence-electron chi connectivity index (χ3n) is 4.14. The second kappa shape index (κ2) is 6.70. The normalized spacial score (nSPS) is 10.8. The topological polar surface area (TPSA) is 52.2 Å². The molecule has 0 N–H and O–H groups in total. The van der Waals surface area contributed by atoms with Crippen molar-refractivity contribution >= 4 is 28.4 Å². The number of rotatable bonds is 3. The number of aryl methyl sites for hydroxylation is 1. The van der Waals surface area contributed by atoms with Gasteiger partial charge in [-0.1, -0.05) is 47.5 Å². The number of aromatic nitrogens is 4. The maximum Gasteiger partial charge on any atom is 0.267 e. The zero-order chi connectivity index (χ0) is 18.1. The SMILES string of the molecule is CC#CCSc1nnc2n(-c3ccc(C)cc3)c(=O)c3ccccc3n12. The summed E-state index contributed by atoms with van der Waals surface area (Å²) >= 11 is 1.51. The van der Waals surface area contributed by atoms with E-state index in [1.807, 2.05) is 66.8 Å². The lowest BCUT2D eigenvalue weighted by Gasteiger charge is -2.11. The molecular formula is C20H16N4OS. The van der Waals surface area contributed by atoms with Gasteiger partial charge in [-0.3, -0.25) is 9.20 Å². The van der Waals surface area contributed by atoms with Crippen molar-refractivity contribution in [1.82, 2.24) is 19.2 Å². The van der Waals surface area contributed by atoms with Gasteiger partial charge >= 0.3 is 0 Å². The van der Waals surface area contributed by atoms with E-state index in [0.717, 1.165) is 21.9 Å². The van der Waals surface area contributed by atoms with Crippen LogP contribution >= 0.6 is 11.8 Å². The molecule has 0 spiro atoms. The van der Waals surface area contributed by atoms with Gasteiger partial charge in [0.05, 0.1) is 22.3 Å². The van der Waals surface area contributed by atoms with Crippen LogP contribution in [-0.4, -0.2) is 24.9 Å². The Bertz CT molecular complexity index is 1230. The van der Waals surface area contributed by atoms with E-state index in [9.17, 15) is 4.79 Å². The van der Waals surface area contributed by atoms with Crippen LogP contribution in [0, 0.1) is 18.8 Å². The van der Waals surface area contributed by atoms with E-state index in [2.05, 4.69) is 22.0 Å². The summed E-state index contributed by atoms with van der Waals surface area (Å²) in [5.41, 5.74) is 2.60. The summed E-state index contributed by atoms with van der Waals surface area (Å²) in [6.45, 7) is 3.83. The average molecular weight is 360 g/mol. The highest BCUT2D eigenvalue weighted by Gasteiger charge is 2.17. The average Bonchev–Trinajstić information content (AvgIpc) is 3.07. The van der Waals surface area contributed by atoms with Gasteiger partial charge in [0.2, 0.25) is 5.78 Å². The number of benzene rings is 2. The predicted octanol–water partition coefficient (Wildman–Crippen LogP) is 3.46. The molecule has 26 heavy (non-hydrogen) atoms. The fourth-order valence-electron chi connectivity index (χ4n) is 2.87. The molecule has 0 aliphatic rings. The summed E-state index contributed by atoms with van der Waals surface area (Å²) in [4.78, 5) is 13.2. The molecule has 2 heterocycles. The van der Waals surface area contributed by atoms with Crippen molar-refractivity contribution in [3.63, 3.8) is 0 Å². The van der Waals surface area contributed by atoms with Crippen LogP contribution in [0.1, 0.15) is 12.5 Å². The molecule has 128 valence electrons. The molecule has 4 rings (SSSR count). The van der Waals surface area contributed by atoms with Crippen LogP contribution in [0.3, 0.4) is 0 Å². The summed E-state index contributed by atoms with van der Waals surface area (Å²) in [6, 6.07) is 15.4. The van der Waals surface area contributed by atoms with Crippen LogP contribution in [0.25, 0.3) is 22.4 Å². The number of hydrogen-bond donors (Lipinski definition) is 0. The molecule has 2 aromatic carbocycles. The van der Waals surface area contributed by atoms with Crippen LogP contribution in [0.2, 0.25) is 0 Å². The molecule has 0 aliphatic heterocycles. The minimum absolute atomic E-state index is 0.103. The quantitative estimate of drug-likeness (QED) is 0.415. The molecule has 0 saturated heterocycles. The molecule has 5 nitrogen and oxygen atoms in total. The lowest BCUT2D eigenvalue weighted by molar-refractivity contribution is 0.932. The van der Waals surface area contributed by atoms with E-state index >= 15 is 0 Å². The fraction of sp³-hybridized carbons (Fsp3) is 0.150. The van der Waals surface area contributed by atoms with E-state index in [-0.39, 0.29) is 5.56 Å². The van der Waals surface area contributed by atoms with Crippen LogP contribution in [0.5, 0.6) is 0 Å². The summed E-state index contributed by atoms with van der Waals surface area (Å²) < 4.78 is 3.54. The first-order chi connectivity index (χ1) is 12.7. The Labute approximate surface area is 154 Å². The highest BCUT2D eigenvalue weighted by atomic mass is 32.2. The van der Waals surface area contributed by atoms with Crippen molar-refractivity contribution in [1.29, 1.82) is 0 Å². The summed E-state index contributed by atoms with van der Waals surface area (Å²) in [5, 5.41) is 9.98. The number of para-hydroxylation sites is 1. The van der Waals surface area contributed by atoms with Crippen LogP contribution < -0.4 is 5.56 Å². The Morgan fingerprint density at radius 3 is 2.62 bits per heavy atom. The maximum absolute atomic E-state index is 13.2. The molecule has 2 aromatic heterocycles. The van der Waals surface area contributed by atoms with Crippen LogP contribution in [0.15, 0.2) is 58.5 Å². The minimum Gasteiger partial charge on any atom is -0.268 e. The number of thioether (sulfide) groups is 1. The van der Waals surface area contributed by atoms with E-state index in [0.29, 0.717) is 16.9 Å². The molecule has 0 atom stereocenters. The van der Waals surface area contributed by atoms with E-state index in [4.69, 9.17) is 0 Å². The first-order valence-electron chi connectivity index (χ1n) is 8.19. The highest BCUT2D eigenvalue weighted by Crippen LogP contribution is 2.23. The van der Waals surface area contributed by atoms with Gasteiger partial charge in [-0.15, -0.1) is 16.1 Å². The lowest BCUT2D eigenvalue weighted by Crippen LogP contribution is -2.21. The zero-order valence-corrected chi connectivity index (χ0v) is 15.2. The van der Waals surface area contributed by atoms with Crippen molar-refractivity contribution < 1.29 is 0 Å². The van der Waals surface area contributed by atoms with E-state index < -0.39 is 0 Å². The van der Waals surface area contributed by atoms with Gasteiger partial charge in [-0.25, -0.2) is 4.57 Å². The molecule has 0 radical (unpaired) electrons. The zero-order valence-electron chi connectivity index (χ0n) is 14.4. The Morgan fingerprint density at radius 2 is 1.85 bits per heavy atom. The smallest absolute Gasteiger partial charge is 0.267 e. The lowest BCUT2D eigenvalue weighted by atomic mass is 10.2. The van der Waals surface area contributed by atoms with Crippen molar-refractivity contribution in [2.75, 3.05) is 5.75 Å². The van der Waals surface area contributed by atoms with Gasteiger partial charge in [0.25, 0.3) is 5.56 Å². The van der Waals surface area contributed by atoms with Crippen molar-refractivity contribution in [3.8, 4) is 17.5 Å². The third kappa shape index (κ3) is 2.67. The van der Waals surface area contributed by atoms with Gasteiger partial charge < -0.3 is 0 Å². The number of nitrogens with zero attached hydrogens (tertiary/aromatic N) is 4. The van der Waals surface area contributed by atoms with Crippen molar-refractivity contribution in [2.45, 2.75) is 19.0 Å². The molecule has 6 heteroatoms. The molecule has 0 fully saturated rings. The Kier molecular flexibility index (Phi) is 4.23. The molecular weight excluding hydrogens is 344 g/mol. The molecule has 0 aliphatic carbocycles. The van der Waals surface area contributed by atoms with Crippen LogP contribution in [0.4, 0.5) is 0 Å². The standard InChI is InChI=1S/C20H16N4OS/c1-3-4-13-26-20-22-21-19-23(15-11-9-14(2)10-12-15)18(25)16-7-5-6-8-17(16)24(19)20/h5-12H,13H2,1-2H3. The highest BCUT2D eigenvalue weighted by molar-refractivity contribution is 7.99. The largest absolute Gasteiger partial charge is 0.268 e. The fourth-order valence-corrected chi connectivity index (χ4v) is 3.62. The van der Waals surface area contributed by atoms with Crippen LogP contribution in [-0.2, 0) is 0 Å². The summed E-state index contributed by atoms with van der Waals surface area (Å²) in [5.74, 6) is 7.03. The molecule has 0 saturated carbocycles. The Balaban J connectivity index is 2.07. The number of fused-ring (bicyclic) bond motifs is 3. The first kappa shape index (κ1) is 16.4. The summed E-state index contributed by atoms with van der Waals surface area (Å²) in [6.07, 6.45) is 0. The first-order valence-corrected chi connectivity index (χ1v) is 9.17. The minimum atomic E-state index is -0.103. The monoisotopic (exact) mass is 360 g/mol. The Morgan fingerprint density at radius 1 is 1.08 bits per heavy atom. The molecule has 0 amide bonds. The van der Waals surface area contributed by atoms with Gasteiger partial charge in [-0.2, -0.15) is 0 Å². The molecule has 4 aromatic rings. The Hall–Kier alpha value is -3.04. The van der Waals surface area contributed by atoms with Gasteiger partial charge in [0.1, 0.15) is 0 Å². The van der Waals surface area contributed by atoms with Crippen molar-refractivity contribution in [2.24, 2.45) is 0 Å². The summed E-state index contributed by atoms with van der Waals surface area (Å²) in [7, 11) is 0. The van der Waals surface area contributed by atoms with Gasteiger partial charge in [-0.05, 0) is 38.1 Å². The maximum atomic E-state index is 13.2. The third-order valence-corrected chi connectivity index (χ3v) is 4.95. The van der Waals surface area contributed by atoms with Gasteiger partial charge in [0, 0.05) is 0 Å². The molecule has 0 bridgehead atoms. The van der Waals surface area contributed by atoms with E-state index in [1.165, 1.54) is 11.8 Å². The number of hydrogen-bond acceptors (Lipinski definition) is 4. The van der Waals surface area contributed by atoms with Crippen molar-refractivity contribution in [3.05, 3.63) is 64.4 Å².